The molecule has 6 atom stereocenters. The van der Waals surface area contributed by atoms with Gasteiger partial charge in [0.05, 0.1) is 28.4 Å². The molecule has 0 radical (unpaired) electrons. The zero-order chi connectivity index (χ0) is 73.6. The number of methoxy groups -OCH3 is 8. The molecule has 0 saturated carbocycles. The molecule has 0 saturated heterocycles. The average molecular weight is 1420 g/mol. The van der Waals surface area contributed by atoms with Gasteiger partial charge in [-0.2, -0.15) is 0 Å². The van der Waals surface area contributed by atoms with Gasteiger partial charge in [0.15, 0.2) is 58.9 Å². The average Bonchev–Trinajstić information content (AvgIpc) is 0.752. The molecule has 0 amide bonds. The van der Waals surface area contributed by atoms with E-state index in [9.17, 15) is 19.2 Å². The van der Waals surface area contributed by atoms with Gasteiger partial charge in [0.2, 0.25) is 0 Å². The van der Waals surface area contributed by atoms with E-state index in [4.69, 9.17) is 66.3 Å². The van der Waals surface area contributed by atoms with Gasteiger partial charge in [0.25, 0.3) is 0 Å². The van der Waals surface area contributed by atoms with Crippen molar-refractivity contribution in [3.63, 3.8) is 0 Å². The minimum atomic E-state index is -1.90. The van der Waals surface area contributed by atoms with E-state index in [1.165, 1.54) is 56.9 Å². The molecule has 6 unspecified atom stereocenters. The number of nitrogens with one attached hydrogen (secondary N) is 2. The number of rotatable bonds is 34. The van der Waals surface area contributed by atoms with Crippen molar-refractivity contribution in [2.75, 3.05) is 70.0 Å². The molecule has 2 N–H and O–H groups in total. The topological polar surface area (TPSA) is 256 Å². The lowest BCUT2D eigenvalue weighted by Crippen LogP contribution is -2.55. The van der Waals surface area contributed by atoms with Crippen molar-refractivity contribution < 1.29 is 95.1 Å². The van der Waals surface area contributed by atoms with E-state index in [1.54, 1.807) is 48.5 Å². The van der Waals surface area contributed by atoms with Crippen LogP contribution in [0.3, 0.4) is 0 Å². The maximum Gasteiger partial charge on any atom is 0.419 e. The third-order valence-corrected chi connectivity index (χ3v) is 18.5. The largest absolute Gasteiger partial charge is 0.493 e. The van der Waals surface area contributed by atoms with Crippen molar-refractivity contribution in [3.05, 3.63) is 260 Å². The molecule has 2 aliphatic heterocycles. The fourth-order valence-corrected chi connectivity index (χ4v) is 13.1. The van der Waals surface area contributed by atoms with Gasteiger partial charge in [-0.3, -0.25) is 10.6 Å². The van der Waals surface area contributed by atoms with Crippen molar-refractivity contribution in [3.8, 4) is 23.0 Å². The highest BCUT2D eigenvalue weighted by atomic mass is 16.6. The third kappa shape index (κ3) is 19.2. The lowest BCUT2D eigenvalue weighted by Gasteiger charge is -2.42. The van der Waals surface area contributed by atoms with Crippen LogP contribution in [0.25, 0.3) is 0 Å². The van der Waals surface area contributed by atoms with Crippen LogP contribution >= 0.6 is 0 Å². The number of esters is 6. The first-order chi connectivity index (χ1) is 50.5. The number of benzene rings is 8. The fourth-order valence-electron chi connectivity index (χ4n) is 13.1. The quantitative estimate of drug-likeness (QED) is 0.0216. The minimum Gasteiger partial charge on any atom is -0.493 e. The first-order valence-corrected chi connectivity index (χ1v) is 34.2. The first kappa shape index (κ1) is 76.2. The normalized spacial score (nSPS) is 16.3. The summed E-state index contributed by atoms with van der Waals surface area (Å²) >= 11 is 0. The summed E-state index contributed by atoms with van der Waals surface area (Å²) in [5, 5.41) is 6.98. The summed E-state index contributed by atoms with van der Waals surface area (Å²) in [6, 6.07) is 54.6. The summed E-state index contributed by atoms with van der Waals surface area (Å²) in [5.41, 5.74) is 4.66. The highest BCUT2D eigenvalue weighted by Crippen LogP contribution is 2.42. The van der Waals surface area contributed by atoms with Crippen LogP contribution < -0.4 is 29.6 Å². The lowest BCUT2D eigenvalue weighted by molar-refractivity contribution is -0.193. The SMILES string of the molecule is COc1ccc(CC2(OC(=O)C(=O)OC3(Cc4ccc(OC)c(OC)c4)NCCc4cc(CC(OC)C(=O)OCc5ccccc5)c(CC(OC)C(=O)OCc5ccccc5)cc43)NCCc3cc(CC(OC)C(=O)OCc4ccccc4)c(CC(OC)C(=O)OCc4ccccc4)cc32)cc1OC. The summed E-state index contributed by atoms with van der Waals surface area (Å²) in [6.45, 7) is 0.290. The Bertz CT molecular complexity index is 3970. The van der Waals surface area contributed by atoms with Gasteiger partial charge in [-0.05, 0) is 116 Å². The first-order valence-electron chi connectivity index (χ1n) is 34.2. The molecular weight excluding hydrogens is 1330 g/mol. The standard InChI is InChI=1S/C82H88N2O20/c1-91-67-31-29-57(37-69(67)93-3)47-81(65-41-63(45-73(97-7)77(87)101-51-55-25-17-11-18-26-55)61(39-59(65)33-35-83-81)43-71(95-5)75(85)99-49-53-21-13-9-14-22-53)103-79(89)80(90)104-82(48-58-30-32-68(92-2)70(38-58)94-4)66-42-64(46-74(98-8)78(88)102-52-56-27-19-12-20-28-56)62(40-60(66)34-36-84-82)44-72(96-6)76(86)100-50-54-23-15-10-16-24-54/h9-32,37-42,71-74,83-84H,33-36,43-52H2,1-8H3. The number of carbonyl (C=O) groups is 6. The van der Waals surface area contributed by atoms with Crippen LogP contribution in [0.5, 0.6) is 23.0 Å². The summed E-state index contributed by atoms with van der Waals surface area (Å²) in [7, 11) is 11.6. The molecule has 0 bridgehead atoms. The fraction of sp³-hybridized carbons (Fsp3) is 0.341. The Hall–Kier alpha value is -10.5. The Balaban J connectivity index is 1.07. The van der Waals surface area contributed by atoms with E-state index in [2.05, 4.69) is 10.6 Å². The second-order valence-electron chi connectivity index (χ2n) is 25.2. The van der Waals surface area contributed by atoms with Gasteiger partial charge in [0, 0.05) is 91.2 Å². The van der Waals surface area contributed by atoms with Crippen LogP contribution in [0.15, 0.2) is 182 Å². The maximum atomic E-state index is 15.7. The molecule has 22 heteroatoms. The van der Waals surface area contributed by atoms with Crippen LogP contribution in [0, 0.1) is 0 Å². The van der Waals surface area contributed by atoms with Gasteiger partial charge in [-0.25, -0.2) is 28.8 Å². The Morgan fingerprint density at radius 3 is 0.885 bits per heavy atom. The molecule has 0 spiro atoms. The number of hydrogen-bond acceptors (Lipinski definition) is 22. The molecule has 0 fully saturated rings. The Morgan fingerprint density at radius 1 is 0.337 bits per heavy atom. The monoisotopic (exact) mass is 1420 g/mol. The molecule has 104 heavy (non-hydrogen) atoms. The van der Waals surface area contributed by atoms with Gasteiger partial charge < -0.3 is 66.3 Å². The summed E-state index contributed by atoms with van der Waals surface area (Å²) in [5.74, 6) is -3.85. The Kier molecular flexibility index (Phi) is 26.8. The third-order valence-electron chi connectivity index (χ3n) is 18.5. The van der Waals surface area contributed by atoms with E-state index in [0.717, 1.165) is 22.3 Å². The van der Waals surface area contributed by atoms with E-state index in [-0.39, 0.29) is 78.0 Å². The molecule has 8 aromatic carbocycles. The predicted molar refractivity (Wildman–Crippen MR) is 381 cm³/mol. The molecule has 8 aromatic rings. The molecule has 546 valence electrons. The highest BCUT2D eigenvalue weighted by molar-refractivity contribution is 6.30. The number of ether oxygens (including phenoxy) is 14. The number of hydrogen-bond donors (Lipinski definition) is 2. The van der Waals surface area contributed by atoms with Crippen molar-refractivity contribution in [2.24, 2.45) is 0 Å². The van der Waals surface area contributed by atoms with Gasteiger partial charge >= 0.3 is 35.8 Å². The Labute approximate surface area is 605 Å². The highest BCUT2D eigenvalue weighted by Gasteiger charge is 2.48. The number of carbonyl (C=O) groups excluding carboxylic acids is 6. The van der Waals surface area contributed by atoms with Crippen LogP contribution in [0.2, 0.25) is 0 Å². The van der Waals surface area contributed by atoms with E-state index in [0.29, 0.717) is 91.5 Å². The second kappa shape index (κ2) is 36.6. The van der Waals surface area contributed by atoms with Crippen molar-refractivity contribution in [2.45, 2.75) is 114 Å². The van der Waals surface area contributed by atoms with Crippen LogP contribution in [0.4, 0.5) is 0 Å². The van der Waals surface area contributed by atoms with Gasteiger partial charge in [-0.1, -0.05) is 146 Å². The summed E-state index contributed by atoms with van der Waals surface area (Å²) < 4.78 is 83.3. The van der Waals surface area contributed by atoms with Crippen LogP contribution in [0.1, 0.15) is 77.9 Å². The van der Waals surface area contributed by atoms with Gasteiger partial charge in [0.1, 0.15) is 26.4 Å². The van der Waals surface area contributed by atoms with E-state index in [1.807, 2.05) is 133 Å². The molecule has 10 rings (SSSR count). The van der Waals surface area contributed by atoms with Crippen molar-refractivity contribution in [1.82, 2.24) is 10.6 Å². The van der Waals surface area contributed by atoms with Crippen LogP contribution in [-0.4, -0.2) is 130 Å². The van der Waals surface area contributed by atoms with E-state index >= 15 is 9.59 Å². The maximum absolute atomic E-state index is 15.7. The van der Waals surface area contributed by atoms with E-state index < -0.39 is 71.7 Å². The van der Waals surface area contributed by atoms with Crippen molar-refractivity contribution >= 4 is 35.8 Å². The Morgan fingerprint density at radius 2 is 0.615 bits per heavy atom. The molecule has 0 aromatic heterocycles. The minimum absolute atomic E-state index is 0.0107. The predicted octanol–water partition coefficient (Wildman–Crippen LogP) is 9.79. The number of fused-ring (bicyclic) bond motifs is 2. The second-order valence-corrected chi connectivity index (χ2v) is 25.2. The molecular formula is C82H88N2O20. The van der Waals surface area contributed by atoms with Crippen LogP contribution in [-0.2, 0) is 165 Å². The van der Waals surface area contributed by atoms with Crippen molar-refractivity contribution in [1.29, 1.82) is 0 Å². The lowest BCUT2D eigenvalue weighted by atomic mass is 9.82. The van der Waals surface area contributed by atoms with Gasteiger partial charge in [-0.15, -0.1) is 0 Å². The summed E-state index contributed by atoms with van der Waals surface area (Å²) in [6.07, 6.45) is -4.45. The molecule has 2 heterocycles. The molecule has 22 nitrogen and oxygen atoms in total. The zero-order valence-electron chi connectivity index (χ0n) is 59.7. The molecule has 2 aliphatic rings. The zero-order valence-corrected chi connectivity index (χ0v) is 59.7. The molecule has 0 aliphatic carbocycles. The summed E-state index contributed by atoms with van der Waals surface area (Å²) in [4.78, 5) is 87.7. The smallest absolute Gasteiger partial charge is 0.419 e.